The van der Waals surface area contributed by atoms with Gasteiger partial charge < -0.3 is 4.74 Å². The van der Waals surface area contributed by atoms with E-state index in [9.17, 15) is 4.79 Å². The highest BCUT2D eigenvalue weighted by Crippen LogP contribution is 2.51. The van der Waals surface area contributed by atoms with Crippen LogP contribution in [0.5, 0.6) is 0 Å². The third kappa shape index (κ3) is 0.732. The number of rotatable bonds is 0. The number of fused-ring (bicyclic) bond motifs is 2. The molecule has 2 nitrogen and oxygen atoms in total. The average molecular weight is 166 g/mol. The number of hydrogen-bond acceptors (Lipinski definition) is 2. The summed E-state index contributed by atoms with van der Waals surface area (Å²) in [5.74, 6) is 2.50. The van der Waals surface area contributed by atoms with Crippen molar-refractivity contribution < 1.29 is 9.53 Å². The van der Waals surface area contributed by atoms with Crippen molar-refractivity contribution in [3.63, 3.8) is 0 Å². The van der Waals surface area contributed by atoms with Crippen LogP contribution in [0.2, 0.25) is 0 Å². The van der Waals surface area contributed by atoms with Crippen molar-refractivity contribution in [3.05, 3.63) is 0 Å². The maximum atomic E-state index is 11.4. The molecule has 3 saturated carbocycles. The molecule has 66 valence electrons. The van der Waals surface area contributed by atoms with Crippen LogP contribution in [-0.4, -0.2) is 12.6 Å². The zero-order valence-corrected chi connectivity index (χ0v) is 7.16. The third-order valence-corrected chi connectivity index (χ3v) is 4.08. The summed E-state index contributed by atoms with van der Waals surface area (Å²) in [7, 11) is 0. The van der Waals surface area contributed by atoms with Crippen molar-refractivity contribution in [1.82, 2.24) is 0 Å². The first-order valence-electron chi connectivity index (χ1n) is 5.03. The molecule has 4 aliphatic rings. The lowest BCUT2D eigenvalue weighted by Gasteiger charge is -2.42. The number of hydrogen-bond donors (Lipinski definition) is 0. The van der Waals surface area contributed by atoms with Gasteiger partial charge >= 0.3 is 5.97 Å². The molecule has 2 atom stereocenters. The fourth-order valence-corrected chi connectivity index (χ4v) is 3.46. The van der Waals surface area contributed by atoms with Gasteiger partial charge in [-0.1, -0.05) is 0 Å². The molecule has 4 rings (SSSR count). The Hall–Kier alpha value is -0.530. The number of ether oxygens (including phenoxy) is 1. The Bertz CT molecular complexity index is 216. The van der Waals surface area contributed by atoms with E-state index in [0.29, 0.717) is 17.8 Å². The van der Waals surface area contributed by atoms with Gasteiger partial charge in [0, 0.05) is 5.92 Å². The van der Waals surface area contributed by atoms with Crippen molar-refractivity contribution >= 4 is 5.97 Å². The van der Waals surface area contributed by atoms with Crippen LogP contribution >= 0.6 is 0 Å². The molecule has 0 aromatic heterocycles. The molecule has 3 aliphatic carbocycles. The van der Waals surface area contributed by atoms with Gasteiger partial charge in [0.2, 0.25) is 0 Å². The fraction of sp³-hybridized carbons (Fsp3) is 0.900. The molecular formula is C10H14O2. The molecule has 0 spiro atoms. The minimum absolute atomic E-state index is 0.106. The van der Waals surface area contributed by atoms with Crippen LogP contribution in [0.3, 0.4) is 0 Å². The Morgan fingerprint density at radius 3 is 2.42 bits per heavy atom. The summed E-state index contributed by atoms with van der Waals surface area (Å²) < 4.78 is 5.14. The van der Waals surface area contributed by atoms with Gasteiger partial charge in [0.1, 0.15) is 0 Å². The summed E-state index contributed by atoms with van der Waals surface area (Å²) >= 11 is 0. The van der Waals surface area contributed by atoms with Crippen molar-refractivity contribution in [2.45, 2.75) is 25.7 Å². The Labute approximate surface area is 72.3 Å². The molecule has 1 heterocycles. The molecule has 0 radical (unpaired) electrons. The van der Waals surface area contributed by atoms with Crippen LogP contribution in [0, 0.1) is 23.7 Å². The molecule has 1 aliphatic heterocycles. The van der Waals surface area contributed by atoms with Gasteiger partial charge in [-0.2, -0.15) is 0 Å². The standard InChI is InChI=1S/C10H14O2/c11-10-9-7-3-1-6(2-4-7)8(9)5-12-10/h6-9H,1-5H2. The van der Waals surface area contributed by atoms with E-state index in [4.69, 9.17) is 4.74 Å². The predicted molar refractivity (Wildman–Crippen MR) is 43.4 cm³/mol. The highest BCUT2D eigenvalue weighted by atomic mass is 16.5. The summed E-state index contributed by atoms with van der Waals surface area (Å²) in [5, 5.41) is 0. The summed E-state index contributed by atoms with van der Waals surface area (Å²) in [6.45, 7) is 0.727. The van der Waals surface area contributed by atoms with Gasteiger partial charge in [-0.25, -0.2) is 0 Å². The Morgan fingerprint density at radius 2 is 1.75 bits per heavy atom. The van der Waals surface area contributed by atoms with Gasteiger partial charge in [0.25, 0.3) is 0 Å². The van der Waals surface area contributed by atoms with Crippen molar-refractivity contribution in [2.75, 3.05) is 6.61 Å². The van der Waals surface area contributed by atoms with Crippen molar-refractivity contribution in [2.24, 2.45) is 23.7 Å². The zero-order chi connectivity index (χ0) is 8.13. The normalized spacial score (nSPS) is 50.5. The van der Waals surface area contributed by atoms with Crippen LogP contribution in [0.4, 0.5) is 0 Å². The van der Waals surface area contributed by atoms with Crippen LogP contribution in [-0.2, 0) is 9.53 Å². The SMILES string of the molecule is O=C1OCC2C3CCC(CC3)C12. The summed E-state index contributed by atoms with van der Waals surface area (Å²) in [6.07, 6.45) is 5.26. The first-order valence-corrected chi connectivity index (χ1v) is 5.03. The average Bonchev–Trinajstić information content (AvgIpc) is 2.53. The van der Waals surface area contributed by atoms with E-state index >= 15 is 0 Å². The molecule has 2 unspecified atom stereocenters. The van der Waals surface area contributed by atoms with E-state index < -0.39 is 0 Å². The van der Waals surface area contributed by atoms with Gasteiger partial charge in [-0.3, -0.25) is 4.79 Å². The quantitative estimate of drug-likeness (QED) is 0.511. The summed E-state index contributed by atoms with van der Waals surface area (Å²) in [5.41, 5.74) is 0. The second kappa shape index (κ2) is 2.24. The Morgan fingerprint density at radius 1 is 1.08 bits per heavy atom. The maximum absolute atomic E-state index is 11.4. The van der Waals surface area contributed by atoms with E-state index in [2.05, 4.69) is 0 Å². The van der Waals surface area contributed by atoms with E-state index in [0.717, 1.165) is 12.5 Å². The van der Waals surface area contributed by atoms with Gasteiger partial charge in [0.05, 0.1) is 12.5 Å². The predicted octanol–water partition coefficient (Wildman–Crippen LogP) is 1.60. The Balaban J connectivity index is 1.94. The monoisotopic (exact) mass is 166 g/mol. The smallest absolute Gasteiger partial charge is 0.309 e. The van der Waals surface area contributed by atoms with Crippen LogP contribution in [0.15, 0.2) is 0 Å². The molecule has 0 aromatic carbocycles. The third-order valence-electron chi connectivity index (χ3n) is 4.08. The van der Waals surface area contributed by atoms with Gasteiger partial charge in [-0.15, -0.1) is 0 Å². The molecule has 0 aromatic rings. The number of cyclic esters (lactones) is 1. The topological polar surface area (TPSA) is 26.3 Å². The highest BCUT2D eigenvalue weighted by Gasteiger charge is 2.51. The number of esters is 1. The molecule has 2 heteroatoms. The molecule has 12 heavy (non-hydrogen) atoms. The first-order chi connectivity index (χ1) is 5.86. The molecule has 0 amide bonds. The summed E-state index contributed by atoms with van der Waals surface area (Å²) in [6, 6.07) is 0. The first kappa shape index (κ1) is 6.93. The van der Waals surface area contributed by atoms with Crippen molar-refractivity contribution in [3.8, 4) is 0 Å². The second-order valence-electron chi connectivity index (χ2n) is 4.49. The lowest BCUT2D eigenvalue weighted by Crippen LogP contribution is -2.40. The number of carbonyl (C=O) groups excluding carboxylic acids is 1. The Kier molecular flexibility index (Phi) is 1.29. The minimum Gasteiger partial charge on any atom is -0.465 e. The summed E-state index contributed by atoms with van der Waals surface area (Å²) in [4.78, 5) is 11.4. The second-order valence-corrected chi connectivity index (χ2v) is 4.49. The molecule has 4 fully saturated rings. The highest BCUT2D eigenvalue weighted by molar-refractivity contribution is 5.75. The zero-order valence-electron chi connectivity index (χ0n) is 7.16. The van der Waals surface area contributed by atoms with E-state index in [1.165, 1.54) is 25.7 Å². The maximum Gasteiger partial charge on any atom is 0.309 e. The minimum atomic E-state index is 0.106. The van der Waals surface area contributed by atoms with E-state index in [-0.39, 0.29) is 5.97 Å². The van der Waals surface area contributed by atoms with E-state index in [1.807, 2.05) is 0 Å². The van der Waals surface area contributed by atoms with Gasteiger partial charge in [0.15, 0.2) is 0 Å². The fourth-order valence-electron chi connectivity index (χ4n) is 3.46. The largest absolute Gasteiger partial charge is 0.465 e. The van der Waals surface area contributed by atoms with Crippen LogP contribution in [0.1, 0.15) is 25.7 Å². The molecule has 1 saturated heterocycles. The lowest BCUT2D eigenvalue weighted by molar-refractivity contribution is -0.144. The molecule has 0 N–H and O–H groups in total. The molecular weight excluding hydrogens is 152 g/mol. The van der Waals surface area contributed by atoms with Gasteiger partial charge in [-0.05, 0) is 37.5 Å². The lowest BCUT2D eigenvalue weighted by atomic mass is 9.60. The van der Waals surface area contributed by atoms with Crippen molar-refractivity contribution in [1.29, 1.82) is 0 Å². The van der Waals surface area contributed by atoms with Crippen LogP contribution in [0.25, 0.3) is 0 Å². The molecule has 2 bridgehead atoms. The number of carbonyl (C=O) groups is 1. The van der Waals surface area contributed by atoms with Crippen LogP contribution < -0.4 is 0 Å². The van der Waals surface area contributed by atoms with E-state index in [1.54, 1.807) is 0 Å².